The molecule has 0 aromatic carbocycles. The molecule has 8 nitrogen and oxygen atoms in total. The number of epoxide rings is 1. The number of ether oxygens (including phenoxy) is 3. The molecule has 5 fully saturated rings. The van der Waals surface area contributed by atoms with Crippen molar-refractivity contribution in [2.45, 2.75) is 89.3 Å². The van der Waals surface area contributed by atoms with Crippen molar-refractivity contribution in [3.63, 3.8) is 0 Å². The fourth-order valence-electron chi connectivity index (χ4n) is 8.50. The number of hydrogen-bond acceptors (Lipinski definition) is 8. The summed E-state index contributed by atoms with van der Waals surface area (Å²) in [6.07, 6.45) is 6.27. The van der Waals surface area contributed by atoms with Gasteiger partial charge in [0.05, 0.1) is 11.7 Å². The SMILES string of the molecule is C=C1C(=O)O[C@@H]2C[C@H](C)[C@@]3(O)C=C(C(C)=O)[C@@]4(C[C@@H]3C[C@H]12)C(=O)O[C@@H]1C[C@H](C)[C@]2(C=CC(C)=O)O[C@@H]2C[C@@H]14. The number of rotatable bonds is 3. The quantitative estimate of drug-likeness (QED) is 0.340. The molecular weight excluding hydrogens is 488 g/mol. The van der Waals surface area contributed by atoms with Crippen molar-refractivity contribution >= 4 is 23.5 Å². The van der Waals surface area contributed by atoms with E-state index in [1.54, 1.807) is 12.2 Å². The van der Waals surface area contributed by atoms with Crippen molar-refractivity contribution in [2.24, 2.45) is 35.0 Å². The normalized spacial score (nSPS) is 49.2. The number of allylic oxidation sites excluding steroid dienone is 1. The number of Topliss-reactive ketones (excluding diaryl/α,β-unsaturated/α-hetero) is 1. The molecule has 0 amide bonds. The summed E-state index contributed by atoms with van der Waals surface area (Å²) in [5.41, 5.74) is -2.38. The van der Waals surface area contributed by atoms with Crippen LogP contribution in [0.3, 0.4) is 0 Å². The van der Waals surface area contributed by atoms with Gasteiger partial charge in [0.15, 0.2) is 11.6 Å². The molecule has 0 aromatic heterocycles. The number of fused-ring (bicyclic) bond motifs is 5. The predicted molar refractivity (Wildman–Crippen MR) is 134 cm³/mol. The van der Waals surface area contributed by atoms with Gasteiger partial charge in [-0.25, -0.2) is 4.79 Å². The molecule has 3 saturated heterocycles. The number of carbonyl (C=O) groups is 4. The lowest BCUT2D eigenvalue weighted by atomic mass is 9.54. The van der Waals surface area contributed by atoms with Gasteiger partial charge in [0.25, 0.3) is 0 Å². The van der Waals surface area contributed by atoms with E-state index in [0.717, 1.165) is 0 Å². The van der Waals surface area contributed by atoms with E-state index in [2.05, 4.69) is 6.58 Å². The van der Waals surface area contributed by atoms with E-state index in [0.29, 0.717) is 36.8 Å². The number of hydrogen-bond donors (Lipinski definition) is 1. The van der Waals surface area contributed by atoms with Crippen LogP contribution in [0.4, 0.5) is 0 Å². The van der Waals surface area contributed by atoms with E-state index in [9.17, 15) is 24.3 Å². The highest BCUT2D eigenvalue weighted by molar-refractivity contribution is 6.03. The molecule has 0 aromatic rings. The van der Waals surface area contributed by atoms with Crippen LogP contribution in [0.2, 0.25) is 0 Å². The molecule has 11 atom stereocenters. The first kappa shape index (κ1) is 25.7. The van der Waals surface area contributed by atoms with Crippen molar-refractivity contribution in [1.29, 1.82) is 0 Å². The Morgan fingerprint density at radius 2 is 1.76 bits per heavy atom. The zero-order chi connectivity index (χ0) is 27.4. The van der Waals surface area contributed by atoms with E-state index in [-0.39, 0.29) is 53.9 Å². The number of carbonyl (C=O) groups excluding carboxylic acids is 4. The topological polar surface area (TPSA) is 120 Å². The summed E-state index contributed by atoms with van der Waals surface area (Å²) in [5, 5.41) is 12.1. The second-order valence-corrected chi connectivity index (χ2v) is 12.6. The molecule has 1 N–H and O–H groups in total. The lowest BCUT2D eigenvalue weighted by Crippen LogP contribution is -2.53. The second kappa shape index (κ2) is 8.21. The van der Waals surface area contributed by atoms with Crippen molar-refractivity contribution in [1.82, 2.24) is 0 Å². The fraction of sp³-hybridized carbons (Fsp3) is 0.667. The third-order valence-corrected chi connectivity index (χ3v) is 10.7. The highest BCUT2D eigenvalue weighted by Gasteiger charge is 2.71. The van der Waals surface area contributed by atoms with Crippen LogP contribution in [-0.4, -0.2) is 58.1 Å². The monoisotopic (exact) mass is 524 g/mol. The molecule has 38 heavy (non-hydrogen) atoms. The van der Waals surface area contributed by atoms with E-state index < -0.39 is 40.6 Å². The van der Waals surface area contributed by atoms with Crippen LogP contribution in [0.15, 0.2) is 36.0 Å². The Kier molecular flexibility index (Phi) is 5.55. The highest BCUT2D eigenvalue weighted by atomic mass is 16.6. The molecule has 8 heteroatoms. The van der Waals surface area contributed by atoms with Crippen LogP contribution < -0.4 is 0 Å². The van der Waals surface area contributed by atoms with Crippen LogP contribution in [-0.2, 0) is 33.4 Å². The Labute approximate surface area is 222 Å². The van der Waals surface area contributed by atoms with Gasteiger partial charge in [-0.1, -0.05) is 20.4 Å². The van der Waals surface area contributed by atoms with Gasteiger partial charge in [0, 0.05) is 23.0 Å². The van der Waals surface area contributed by atoms with E-state index >= 15 is 0 Å². The van der Waals surface area contributed by atoms with Crippen LogP contribution in [0.5, 0.6) is 0 Å². The minimum Gasteiger partial charge on any atom is -0.461 e. The van der Waals surface area contributed by atoms with Crippen molar-refractivity contribution in [2.75, 3.05) is 0 Å². The van der Waals surface area contributed by atoms with Gasteiger partial charge < -0.3 is 19.3 Å². The third-order valence-electron chi connectivity index (χ3n) is 10.7. The Hall–Kier alpha value is -2.58. The molecule has 2 saturated carbocycles. The van der Waals surface area contributed by atoms with Crippen LogP contribution in [0.25, 0.3) is 0 Å². The second-order valence-electron chi connectivity index (χ2n) is 12.6. The van der Waals surface area contributed by atoms with Gasteiger partial charge in [-0.15, -0.1) is 0 Å². The van der Waals surface area contributed by atoms with Crippen molar-refractivity contribution < 1.29 is 38.5 Å². The van der Waals surface area contributed by atoms with Crippen molar-refractivity contribution in [3.8, 4) is 0 Å². The van der Waals surface area contributed by atoms with E-state index in [4.69, 9.17) is 14.2 Å². The van der Waals surface area contributed by atoms with Gasteiger partial charge in [-0.2, -0.15) is 0 Å². The first-order valence-corrected chi connectivity index (χ1v) is 13.8. The first-order valence-electron chi connectivity index (χ1n) is 13.8. The zero-order valence-corrected chi connectivity index (χ0v) is 22.4. The summed E-state index contributed by atoms with van der Waals surface area (Å²) in [6.45, 7) is 10.9. The maximum atomic E-state index is 13.9. The van der Waals surface area contributed by atoms with Gasteiger partial charge in [-0.3, -0.25) is 14.4 Å². The summed E-state index contributed by atoms with van der Waals surface area (Å²) in [7, 11) is 0. The first-order chi connectivity index (χ1) is 17.8. The molecule has 0 radical (unpaired) electrons. The highest BCUT2D eigenvalue weighted by Crippen LogP contribution is 2.64. The minimum absolute atomic E-state index is 0.00923. The summed E-state index contributed by atoms with van der Waals surface area (Å²) in [6, 6.07) is 0. The largest absolute Gasteiger partial charge is 0.461 e. The zero-order valence-electron chi connectivity index (χ0n) is 22.4. The molecule has 3 heterocycles. The van der Waals surface area contributed by atoms with Crippen LogP contribution >= 0.6 is 0 Å². The van der Waals surface area contributed by atoms with Gasteiger partial charge in [-0.05, 0) is 81.9 Å². The van der Waals surface area contributed by atoms with Gasteiger partial charge >= 0.3 is 11.9 Å². The summed E-state index contributed by atoms with van der Waals surface area (Å²) in [5.74, 6) is -2.36. The Morgan fingerprint density at radius 3 is 2.45 bits per heavy atom. The maximum absolute atomic E-state index is 13.9. The summed E-state index contributed by atoms with van der Waals surface area (Å²) < 4.78 is 17.9. The van der Waals surface area contributed by atoms with Crippen LogP contribution in [0, 0.1) is 35.0 Å². The Morgan fingerprint density at radius 1 is 1.05 bits per heavy atom. The molecule has 3 aliphatic heterocycles. The number of ketones is 2. The summed E-state index contributed by atoms with van der Waals surface area (Å²) >= 11 is 0. The molecule has 0 bridgehead atoms. The standard InChI is InChI=1S/C30H36O8/c1-14-8-23-20(17(4)26(33)36-23)10-19-12-28(22(18(5)32)13-29(14,19)35)21-11-25-30(38-25,7-6-16(3)31)15(2)9-24(21)37-27(28)34/h6-7,13-15,19-21,23-25,35H,4,8-12H2,1-3,5H3/t14-,15-,19-,20+,21-,23+,24+,25+,28-,29-,30-/m0/s1. The molecule has 3 aliphatic carbocycles. The van der Waals surface area contributed by atoms with Gasteiger partial charge in [0.1, 0.15) is 23.2 Å². The Bertz CT molecular complexity index is 1210. The van der Waals surface area contributed by atoms with E-state index in [1.807, 2.05) is 19.9 Å². The fourth-order valence-corrected chi connectivity index (χ4v) is 8.50. The predicted octanol–water partition coefficient (Wildman–Crippen LogP) is 3.02. The van der Waals surface area contributed by atoms with E-state index in [1.165, 1.54) is 13.8 Å². The average Bonchev–Trinajstić information content (AvgIpc) is 3.47. The average molecular weight is 525 g/mol. The number of aliphatic hydroxyl groups is 1. The van der Waals surface area contributed by atoms with Crippen LogP contribution in [0.1, 0.15) is 59.8 Å². The minimum atomic E-state index is -1.33. The maximum Gasteiger partial charge on any atom is 0.334 e. The molecule has 204 valence electrons. The third kappa shape index (κ3) is 3.35. The molecular formula is C30H36O8. The summed E-state index contributed by atoms with van der Waals surface area (Å²) in [4.78, 5) is 51.0. The molecule has 6 aliphatic rings. The lowest BCUT2D eigenvalue weighted by molar-refractivity contribution is -0.152. The molecule has 1 spiro atoms. The lowest BCUT2D eigenvalue weighted by Gasteiger charge is -2.48. The molecule has 6 rings (SSSR count). The number of esters is 2. The smallest absolute Gasteiger partial charge is 0.334 e. The van der Waals surface area contributed by atoms with Crippen molar-refractivity contribution in [3.05, 3.63) is 36.0 Å². The Balaban J connectivity index is 1.42. The van der Waals surface area contributed by atoms with Gasteiger partial charge in [0.2, 0.25) is 0 Å². The molecule has 0 unspecified atom stereocenters.